The van der Waals surface area contributed by atoms with E-state index in [1.807, 2.05) is 0 Å². The monoisotopic (exact) mass is 216 g/mol. The van der Waals surface area contributed by atoms with Crippen molar-refractivity contribution >= 4 is 5.97 Å². The van der Waals surface area contributed by atoms with Crippen LogP contribution in [0.3, 0.4) is 0 Å². The van der Waals surface area contributed by atoms with Crippen molar-refractivity contribution in [1.29, 1.82) is 0 Å². The van der Waals surface area contributed by atoms with Gasteiger partial charge < -0.3 is 9.58 Å². The molecule has 0 atom stereocenters. The van der Waals surface area contributed by atoms with Crippen LogP contribution >= 0.6 is 0 Å². The fraction of sp³-hybridized carbons (Fsp3) is 0.417. The Morgan fingerprint density at radius 3 is 2.81 bits per heavy atom. The first-order valence-electron chi connectivity index (χ1n) is 5.24. The zero-order valence-corrected chi connectivity index (χ0v) is 9.06. The standard InChI is InChI=1S/C12H12N2O2/c1-3-16-11(15)10-5-4-9(8-14-10)12(13-2)6-7-12/h4-5,8H,3,6-7H2,1H3. The molecule has 0 radical (unpaired) electrons. The summed E-state index contributed by atoms with van der Waals surface area (Å²) in [6.45, 7) is 9.21. The van der Waals surface area contributed by atoms with Gasteiger partial charge in [-0.2, -0.15) is 0 Å². The summed E-state index contributed by atoms with van der Waals surface area (Å²) in [5.41, 5.74) is 0.835. The number of pyridine rings is 1. The van der Waals surface area contributed by atoms with Crippen molar-refractivity contribution in [3.63, 3.8) is 0 Å². The Balaban J connectivity index is 2.18. The van der Waals surface area contributed by atoms with E-state index in [1.54, 1.807) is 25.3 Å². The minimum Gasteiger partial charge on any atom is -0.461 e. The number of esters is 1. The first-order valence-corrected chi connectivity index (χ1v) is 5.24. The van der Waals surface area contributed by atoms with Gasteiger partial charge in [0.15, 0.2) is 0 Å². The number of aromatic nitrogens is 1. The molecule has 4 heteroatoms. The lowest BCUT2D eigenvalue weighted by atomic mass is 10.1. The highest BCUT2D eigenvalue weighted by Crippen LogP contribution is 2.49. The average Bonchev–Trinajstić information content (AvgIpc) is 3.10. The predicted octanol–water partition coefficient (Wildman–Crippen LogP) is 2.17. The molecular weight excluding hydrogens is 204 g/mol. The maximum atomic E-state index is 11.3. The largest absolute Gasteiger partial charge is 0.461 e. The molecule has 0 bridgehead atoms. The number of nitrogens with zero attached hydrogens (tertiary/aromatic N) is 2. The first-order chi connectivity index (χ1) is 7.72. The summed E-state index contributed by atoms with van der Waals surface area (Å²) >= 11 is 0. The van der Waals surface area contributed by atoms with Crippen LogP contribution in [-0.4, -0.2) is 17.6 Å². The zero-order valence-electron chi connectivity index (χ0n) is 9.06. The van der Waals surface area contributed by atoms with Crippen LogP contribution in [0.15, 0.2) is 18.3 Å². The molecule has 82 valence electrons. The van der Waals surface area contributed by atoms with E-state index in [4.69, 9.17) is 11.3 Å². The lowest BCUT2D eigenvalue weighted by molar-refractivity contribution is 0.0519. The Hall–Kier alpha value is -1.89. The van der Waals surface area contributed by atoms with E-state index in [0.717, 1.165) is 18.4 Å². The third-order valence-corrected chi connectivity index (χ3v) is 2.72. The second kappa shape index (κ2) is 3.93. The third kappa shape index (κ3) is 1.76. The van der Waals surface area contributed by atoms with Crippen molar-refractivity contribution in [2.75, 3.05) is 6.61 Å². The Morgan fingerprint density at radius 1 is 1.62 bits per heavy atom. The van der Waals surface area contributed by atoms with Crippen LogP contribution in [0.4, 0.5) is 0 Å². The fourth-order valence-corrected chi connectivity index (χ4v) is 1.58. The second-order valence-electron chi connectivity index (χ2n) is 3.80. The van der Waals surface area contributed by atoms with Gasteiger partial charge in [0.2, 0.25) is 0 Å². The van der Waals surface area contributed by atoms with Gasteiger partial charge in [-0.15, -0.1) is 0 Å². The molecule has 1 aliphatic carbocycles. The van der Waals surface area contributed by atoms with Crippen molar-refractivity contribution in [1.82, 2.24) is 4.98 Å². The Bertz CT molecular complexity index is 441. The number of carbonyl (C=O) groups excluding carboxylic acids is 1. The lowest BCUT2D eigenvalue weighted by Gasteiger charge is -2.03. The van der Waals surface area contributed by atoms with Gasteiger partial charge in [0.1, 0.15) is 5.69 Å². The van der Waals surface area contributed by atoms with E-state index in [2.05, 4.69) is 9.83 Å². The summed E-state index contributed by atoms with van der Waals surface area (Å²) < 4.78 is 4.83. The molecule has 0 amide bonds. The van der Waals surface area contributed by atoms with Crippen molar-refractivity contribution < 1.29 is 9.53 Å². The fourth-order valence-electron chi connectivity index (χ4n) is 1.58. The van der Waals surface area contributed by atoms with E-state index in [9.17, 15) is 4.79 Å². The summed E-state index contributed by atoms with van der Waals surface area (Å²) in [7, 11) is 0. The summed E-state index contributed by atoms with van der Waals surface area (Å²) in [5, 5.41) is 0. The molecule has 16 heavy (non-hydrogen) atoms. The van der Waals surface area contributed by atoms with Crippen LogP contribution in [0.2, 0.25) is 0 Å². The topological polar surface area (TPSA) is 43.5 Å². The van der Waals surface area contributed by atoms with Crippen molar-refractivity contribution in [2.24, 2.45) is 0 Å². The molecule has 1 heterocycles. The molecule has 0 spiro atoms. The van der Waals surface area contributed by atoms with Crippen LogP contribution in [0.5, 0.6) is 0 Å². The van der Waals surface area contributed by atoms with Crippen LogP contribution in [0, 0.1) is 6.57 Å². The van der Waals surface area contributed by atoms with Gasteiger partial charge in [-0.05, 0) is 19.1 Å². The van der Waals surface area contributed by atoms with Crippen molar-refractivity contribution in [3.8, 4) is 0 Å². The maximum absolute atomic E-state index is 11.3. The molecule has 0 aliphatic heterocycles. The van der Waals surface area contributed by atoms with Crippen LogP contribution in [-0.2, 0) is 10.3 Å². The zero-order chi connectivity index (χ0) is 11.6. The van der Waals surface area contributed by atoms with Gasteiger partial charge in [-0.3, -0.25) is 0 Å². The lowest BCUT2D eigenvalue weighted by Crippen LogP contribution is -2.08. The minimum absolute atomic E-state index is 0.298. The number of hydrogen-bond donors (Lipinski definition) is 0. The number of ether oxygens (including phenoxy) is 1. The predicted molar refractivity (Wildman–Crippen MR) is 57.7 cm³/mol. The Morgan fingerprint density at radius 2 is 2.38 bits per heavy atom. The molecule has 1 aliphatic rings. The molecule has 0 saturated heterocycles. The van der Waals surface area contributed by atoms with Gasteiger partial charge in [-0.25, -0.2) is 16.4 Å². The summed E-state index contributed by atoms with van der Waals surface area (Å²) in [5.74, 6) is -0.415. The second-order valence-corrected chi connectivity index (χ2v) is 3.80. The van der Waals surface area contributed by atoms with E-state index < -0.39 is 5.97 Å². The molecule has 1 saturated carbocycles. The number of carbonyl (C=O) groups is 1. The van der Waals surface area contributed by atoms with Crippen LogP contribution in [0.25, 0.3) is 4.85 Å². The number of rotatable bonds is 3. The highest BCUT2D eigenvalue weighted by atomic mass is 16.5. The quantitative estimate of drug-likeness (QED) is 0.574. The first kappa shape index (κ1) is 10.6. The van der Waals surface area contributed by atoms with Gasteiger partial charge in [0, 0.05) is 19.0 Å². The minimum atomic E-state index is -0.415. The molecule has 1 aromatic rings. The van der Waals surface area contributed by atoms with E-state index in [-0.39, 0.29) is 5.54 Å². The molecule has 2 rings (SSSR count). The van der Waals surface area contributed by atoms with Gasteiger partial charge in [0.05, 0.1) is 12.2 Å². The van der Waals surface area contributed by atoms with E-state index in [0.29, 0.717) is 12.3 Å². The maximum Gasteiger partial charge on any atom is 0.356 e. The van der Waals surface area contributed by atoms with Gasteiger partial charge >= 0.3 is 5.97 Å². The van der Waals surface area contributed by atoms with E-state index in [1.165, 1.54) is 0 Å². The molecule has 1 fully saturated rings. The van der Waals surface area contributed by atoms with Crippen LogP contribution in [0.1, 0.15) is 35.8 Å². The third-order valence-electron chi connectivity index (χ3n) is 2.72. The van der Waals surface area contributed by atoms with Crippen LogP contribution < -0.4 is 0 Å². The highest BCUT2D eigenvalue weighted by Gasteiger charge is 2.52. The number of hydrogen-bond acceptors (Lipinski definition) is 3. The smallest absolute Gasteiger partial charge is 0.356 e. The van der Waals surface area contributed by atoms with Crippen molar-refractivity contribution in [2.45, 2.75) is 25.3 Å². The van der Waals surface area contributed by atoms with Gasteiger partial charge in [0.25, 0.3) is 5.54 Å². The average molecular weight is 216 g/mol. The molecule has 1 aromatic heterocycles. The summed E-state index contributed by atoms with van der Waals surface area (Å²) in [6.07, 6.45) is 3.38. The molecular formula is C12H12N2O2. The molecule has 0 aromatic carbocycles. The van der Waals surface area contributed by atoms with Gasteiger partial charge in [-0.1, -0.05) is 0 Å². The summed E-state index contributed by atoms with van der Waals surface area (Å²) in [6, 6.07) is 3.42. The SMILES string of the molecule is [C-]#[N+]C1(c2ccc(C(=O)OCC)nc2)CC1. The molecule has 0 unspecified atom stereocenters. The highest BCUT2D eigenvalue weighted by molar-refractivity contribution is 5.87. The Labute approximate surface area is 94.1 Å². The Kier molecular flexibility index (Phi) is 2.61. The molecule has 4 nitrogen and oxygen atoms in total. The van der Waals surface area contributed by atoms with E-state index >= 15 is 0 Å². The normalized spacial score (nSPS) is 16.2. The van der Waals surface area contributed by atoms with Crippen molar-refractivity contribution in [3.05, 3.63) is 41.0 Å². The summed E-state index contributed by atoms with van der Waals surface area (Å²) in [4.78, 5) is 19.0. The molecule has 0 N–H and O–H groups in total.